The molecule has 0 saturated carbocycles. The van der Waals surface area contributed by atoms with Crippen LogP contribution in [0.3, 0.4) is 0 Å². The third kappa shape index (κ3) is 3.68. The van der Waals surface area contributed by atoms with Crippen molar-refractivity contribution >= 4 is 5.91 Å². The summed E-state index contributed by atoms with van der Waals surface area (Å²) in [6.45, 7) is 5.51. The molecule has 1 amide bonds. The molecule has 98 valence electrons. The highest BCUT2D eigenvalue weighted by Gasteiger charge is 2.23. The molecule has 2 aliphatic heterocycles. The quantitative estimate of drug-likeness (QED) is 0.801. The molecule has 2 aliphatic rings. The van der Waals surface area contributed by atoms with E-state index in [1.807, 2.05) is 11.8 Å². The molecule has 2 heterocycles. The number of hydrogen-bond acceptors (Lipinski definition) is 3. The molecule has 0 aromatic carbocycles. The molecule has 2 unspecified atom stereocenters. The van der Waals surface area contributed by atoms with Crippen molar-refractivity contribution in [1.82, 2.24) is 10.2 Å². The van der Waals surface area contributed by atoms with Gasteiger partial charge in [-0.15, -0.1) is 0 Å². The van der Waals surface area contributed by atoms with Crippen LogP contribution in [-0.2, 0) is 9.53 Å². The molecule has 2 rings (SSSR count). The maximum absolute atomic E-state index is 12.0. The van der Waals surface area contributed by atoms with Gasteiger partial charge in [-0.1, -0.05) is 0 Å². The van der Waals surface area contributed by atoms with Gasteiger partial charge < -0.3 is 15.0 Å². The van der Waals surface area contributed by atoms with Crippen molar-refractivity contribution in [3.8, 4) is 0 Å². The highest BCUT2D eigenvalue weighted by molar-refractivity contribution is 5.81. The van der Waals surface area contributed by atoms with Gasteiger partial charge in [-0.3, -0.25) is 4.79 Å². The van der Waals surface area contributed by atoms with E-state index < -0.39 is 0 Å². The monoisotopic (exact) mass is 240 g/mol. The predicted molar refractivity (Wildman–Crippen MR) is 66.9 cm³/mol. The van der Waals surface area contributed by atoms with Crippen molar-refractivity contribution in [2.24, 2.45) is 0 Å². The minimum Gasteiger partial charge on any atom is -0.377 e. The Bertz CT molecular complexity index is 246. The molecule has 2 fully saturated rings. The summed E-state index contributed by atoms with van der Waals surface area (Å²) >= 11 is 0. The van der Waals surface area contributed by atoms with Crippen LogP contribution in [0.15, 0.2) is 0 Å². The molecule has 0 aromatic rings. The minimum atomic E-state index is -0.0707. The fourth-order valence-electron chi connectivity index (χ4n) is 2.58. The van der Waals surface area contributed by atoms with Crippen molar-refractivity contribution in [3.05, 3.63) is 0 Å². The van der Waals surface area contributed by atoms with Crippen LogP contribution in [0.4, 0.5) is 0 Å². The molecular formula is C13H24N2O2. The molecular weight excluding hydrogens is 216 g/mol. The van der Waals surface area contributed by atoms with Gasteiger partial charge in [0.1, 0.15) is 0 Å². The minimum absolute atomic E-state index is 0.0707. The first-order chi connectivity index (χ1) is 8.27. The van der Waals surface area contributed by atoms with Gasteiger partial charge in [-0.25, -0.2) is 0 Å². The van der Waals surface area contributed by atoms with Crippen molar-refractivity contribution < 1.29 is 9.53 Å². The van der Waals surface area contributed by atoms with Crippen molar-refractivity contribution in [3.63, 3.8) is 0 Å². The van der Waals surface area contributed by atoms with Crippen LogP contribution in [0.2, 0.25) is 0 Å². The van der Waals surface area contributed by atoms with Crippen LogP contribution in [0, 0.1) is 0 Å². The van der Waals surface area contributed by atoms with Crippen LogP contribution < -0.4 is 5.32 Å². The highest BCUT2D eigenvalue weighted by atomic mass is 16.5. The summed E-state index contributed by atoms with van der Waals surface area (Å²) in [6.07, 6.45) is 6.17. The maximum Gasteiger partial charge on any atom is 0.239 e. The number of carbonyl (C=O) groups excluding carboxylic acids is 1. The average Bonchev–Trinajstić information content (AvgIpc) is 2.90. The Hall–Kier alpha value is -0.610. The molecule has 4 nitrogen and oxygen atoms in total. The third-order valence-electron chi connectivity index (χ3n) is 3.71. The van der Waals surface area contributed by atoms with Crippen molar-refractivity contribution in [1.29, 1.82) is 0 Å². The summed E-state index contributed by atoms with van der Waals surface area (Å²) in [7, 11) is 0. The highest BCUT2D eigenvalue weighted by Crippen LogP contribution is 2.12. The van der Waals surface area contributed by atoms with E-state index >= 15 is 0 Å². The number of carbonyl (C=O) groups is 1. The first-order valence-electron chi connectivity index (χ1n) is 6.91. The van der Waals surface area contributed by atoms with Crippen LogP contribution in [-0.4, -0.2) is 49.2 Å². The van der Waals surface area contributed by atoms with Gasteiger partial charge in [0.15, 0.2) is 0 Å². The van der Waals surface area contributed by atoms with Crippen molar-refractivity contribution in [2.45, 2.75) is 51.2 Å². The number of ether oxygens (including phenoxy) is 1. The Labute approximate surface area is 104 Å². The standard InChI is InChI=1S/C13H24N2O2/c1-11(13(16)15-7-3-4-8-15)14-10-12-6-2-5-9-17-12/h11-12,14H,2-10H2,1H3. The first kappa shape index (κ1) is 12.8. The summed E-state index contributed by atoms with van der Waals surface area (Å²) < 4.78 is 5.65. The van der Waals surface area contributed by atoms with Gasteiger partial charge in [-0.2, -0.15) is 0 Å². The van der Waals surface area contributed by atoms with Gasteiger partial charge in [0.05, 0.1) is 12.1 Å². The first-order valence-corrected chi connectivity index (χ1v) is 6.91. The zero-order chi connectivity index (χ0) is 12.1. The normalized spacial score (nSPS) is 27.1. The summed E-state index contributed by atoms with van der Waals surface area (Å²) in [4.78, 5) is 14.0. The smallest absolute Gasteiger partial charge is 0.239 e. The lowest BCUT2D eigenvalue weighted by molar-refractivity contribution is -0.132. The Morgan fingerprint density at radius 1 is 1.35 bits per heavy atom. The van der Waals surface area contributed by atoms with E-state index in [-0.39, 0.29) is 11.9 Å². The summed E-state index contributed by atoms with van der Waals surface area (Å²) in [5.41, 5.74) is 0. The zero-order valence-electron chi connectivity index (χ0n) is 10.8. The van der Waals surface area contributed by atoms with Crippen LogP contribution in [0.5, 0.6) is 0 Å². The molecule has 2 atom stereocenters. The number of likely N-dealkylation sites (tertiary alicyclic amines) is 1. The van der Waals surface area contributed by atoms with Gasteiger partial charge >= 0.3 is 0 Å². The zero-order valence-corrected chi connectivity index (χ0v) is 10.8. The third-order valence-corrected chi connectivity index (χ3v) is 3.71. The maximum atomic E-state index is 12.0. The van der Waals surface area contributed by atoms with E-state index in [4.69, 9.17) is 4.74 Å². The van der Waals surface area contributed by atoms with E-state index in [9.17, 15) is 4.79 Å². The number of amides is 1. The second-order valence-electron chi connectivity index (χ2n) is 5.15. The Morgan fingerprint density at radius 3 is 2.76 bits per heavy atom. The molecule has 2 saturated heterocycles. The molecule has 0 aromatic heterocycles. The number of hydrogen-bond donors (Lipinski definition) is 1. The van der Waals surface area contributed by atoms with Crippen LogP contribution in [0.25, 0.3) is 0 Å². The SMILES string of the molecule is CC(NCC1CCCCO1)C(=O)N1CCCC1. The Kier molecular flexibility index (Phi) is 4.80. The summed E-state index contributed by atoms with van der Waals surface area (Å²) in [5, 5.41) is 3.31. The van der Waals surface area contributed by atoms with Gasteiger partial charge in [0.2, 0.25) is 5.91 Å². The van der Waals surface area contributed by atoms with Crippen molar-refractivity contribution in [2.75, 3.05) is 26.2 Å². The van der Waals surface area contributed by atoms with E-state index in [0.29, 0.717) is 6.10 Å². The van der Waals surface area contributed by atoms with Gasteiger partial charge in [0, 0.05) is 26.2 Å². The molecule has 4 heteroatoms. The summed E-state index contributed by atoms with van der Waals surface area (Å²) in [5.74, 6) is 0.248. The lowest BCUT2D eigenvalue weighted by atomic mass is 10.1. The molecule has 0 spiro atoms. The van der Waals surface area contributed by atoms with E-state index in [0.717, 1.165) is 45.5 Å². The fraction of sp³-hybridized carbons (Fsp3) is 0.923. The fourth-order valence-corrected chi connectivity index (χ4v) is 2.58. The van der Waals surface area contributed by atoms with Crippen LogP contribution >= 0.6 is 0 Å². The molecule has 0 aliphatic carbocycles. The lowest BCUT2D eigenvalue weighted by Crippen LogP contribution is -2.46. The van der Waals surface area contributed by atoms with E-state index in [2.05, 4.69) is 5.32 Å². The molecule has 17 heavy (non-hydrogen) atoms. The number of nitrogens with one attached hydrogen (secondary N) is 1. The Morgan fingerprint density at radius 2 is 2.12 bits per heavy atom. The second kappa shape index (κ2) is 6.36. The predicted octanol–water partition coefficient (Wildman–Crippen LogP) is 1.16. The summed E-state index contributed by atoms with van der Waals surface area (Å²) in [6, 6.07) is -0.0707. The lowest BCUT2D eigenvalue weighted by Gasteiger charge is -2.26. The van der Waals surface area contributed by atoms with Gasteiger partial charge in [0.25, 0.3) is 0 Å². The molecule has 0 bridgehead atoms. The Balaban J connectivity index is 1.68. The average molecular weight is 240 g/mol. The number of nitrogens with zero attached hydrogens (tertiary/aromatic N) is 1. The van der Waals surface area contributed by atoms with E-state index in [1.165, 1.54) is 12.8 Å². The molecule has 0 radical (unpaired) electrons. The van der Waals surface area contributed by atoms with Crippen LogP contribution in [0.1, 0.15) is 39.0 Å². The largest absolute Gasteiger partial charge is 0.377 e. The topological polar surface area (TPSA) is 41.6 Å². The number of rotatable bonds is 4. The second-order valence-corrected chi connectivity index (χ2v) is 5.15. The van der Waals surface area contributed by atoms with E-state index in [1.54, 1.807) is 0 Å². The van der Waals surface area contributed by atoms with Gasteiger partial charge in [-0.05, 0) is 39.0 Å². The molecule has 1 N–H and O–H groups in total.